The van der Waals surface area contributed by atoms with E-state index in [2.05, 4.69) is 11.9 Å². The summed E-state index contributed by atoms with van der Waals surface area (Å²) in [7, 11) is 0. The SMILES string of the molecule is CCCCCCCCCCc1cc(C=NC(C)(C)C)c2c(=O)c(O)c(-c3cc(O)c(O)c(O)c3)oc2c1.[Co]. The summed E-state index contributed by atoms with van der Waals surface area (Å²) in [5.41, 5.74) is 0.889. The van der Waals surface area contributed by atoms with Gasteiger partial charge in [0.25, 0.3) is 0 Å². The summed E-state index contributed by atoms with van der Waals surface area (Å²) in [6.07, 6.45) is 12.1. The Bertz CT molecular complexity index is 1300. The van der Waals surface area contributed by atoms with Gasteiger partial charge in [-0.3, -0.25) is 9.79 Å². The van der Waals surface area contributed by atoms with Crippen LogP contribution in [-0.4, -0.2) is 32.2 Å². The molecule has 7 nitrogen and oxygen atoms in total. The average molecular weight is 569 g/mol. The van der Waals surface area contributed by atoms with Crippen molar-refractivity contribution < 1.29 is 41.6 Å². The average Bonchev–Trinajstić information content (AvgIpc) is 2.84. The Morgan fingerprint density at radius 1 is 0.842 bits per heavy atom. The van der Waals surface area contributed by atoms with Gasteiger partial charge in [-0.15, -0.1) is 0 Å². The zero-order valence-electron chi connectivity index (χ0n) is 22.6. The van der Waals surface area contributed by atoms with E-state index in [1.54, 1.807) is 12.3 Å². The molecule has 0 aliphatic heterocycles. The maximum Gasteiger partial charge on any atom is 0.235 e. The van der Waals surface area contributed by atoms with Gasteiger partial charge in [0.15, 0.2) is 23.0 Å². The normalized spacial score (nSPS) is 11.8. The molecule has 3 rings (SSSR count). The number of nitrogens with zero attached hydrogens (tertiary/aromatic N) is 1. The third-order valence-electron chi connectivity index (χ3n) is 6.30. The predicted molar refractivity (Wildman–Crippen MR) is 148 cm³/mol. The number of phenols is 3. The molecular weight excluding hydrogens is 529 g/mol. The number of fused-ring (bicyclic) bond motifs is 1. The van der Waals surface area contributed by atoms with Crippen molar-refractivity contribution in [3.05, 3.63) is 45.6 Å². The molecule has 1 heterocycles. The topological polar surface area (TPSA) is 123 Å². The number of hydrogen-bond donors (Lipinski definition) is 4. The zero-order valence-corrected chi connectivity index (χ0v) is 23.7. The number of aromatic hydroxyl groups is 4. The standard InChI is InChI=1S/C30H39NO6.Co/c1-5-6-7-8-9-10-11-12-13-19-14-21(18-31-30(2,3)4)25-24(15-19)37-29(28(36)27(25)35)20-16-22(32)26(34)23(33)17-20;/h14-18,32-34,36H,5-13H2,1-4H3;. The van der Waals surface area contributed by atoms with Crippen LogP contribution in [0.4, 0.5) is 0 Å². The molecule has 0 unspecified atom stereocenters. The van der Waals surface area contributed by atoms with Crippen molar-refractivity contribution in [2.24, 2.45) is 4.99 Å². The van der Waals surface area contributed by atoms with Gasteiger partial charge in [-0.25, -0.2) is 0 Å². The molecule has 0 aliphatic rings. The first-order chi connectivity index (χ1) is 17.5. The minimum absolute atomic E-state index is 0. The Morgan fingerprint density at radius 2 is 1.42 bits per heavy atom. The molecule has 8 heteroatoms. The van der Waals surface area contributed by atoms with Crippen molar-refractivity contribution in [3.8, 4) is 34.3 Å². The van der Waals surface area contributed by atoms with Crippen LogP contribution >= 0.6 is 0 Å². The Morgan fingerprint density at radius 3 is 2.00 bits per heavy atom. The number of benzene rings is 2. The number of phenolic OH excluding ortho intramolecular Hbond substituents is 3. The second kappa shape index (κ2) is 13.7. The molecule has 209 valence electrons. The van der Waals surface area contributed by atoms with E-state index in [-0.39, 0.29) is 44.6 Å². The van der Waals surface area contributed by atoms with Crippen LogP contribution in [0.5, 0.6) is 23.0 Å². The molecule has 0 spiro atoms. The van der Waals surface area contributed by atoms with Crippen molar-refractivity contribution in [3.63, 3.8) is 0 Å². The van der Waals surface area contributed by atoms with Crippen molar-refractivity contribution in [2.45, 2.75) is 91.0 Å². The maximum absolute atomic E-state index is 13.3. The van der Waals surface area contributed by atoms with Gasteiger partial charge in [-0.1, -0.05) is 51.9 Å². The van der Waals surface area contributed by atoms with Crippen LogP contribution in [0.1, 0.15) is 90.2 Å². The van der Waals surface area contributed by atoms with E-state index >= 15 is 0 Å². The predicted octanol–water partition coefficient (Wildman–Crippen LogP) is 7.18. The van der Waals surface area contributed by atoms with Crippen LogP contribution in [0.15, 0.2) is 38.5 Å². The van der Waals surface area contributed by atoms with Crippen LogP contribution < -0.4 is 5.43 Å². The summed E-state index contributed by atoms with van der Waals surface area (Å²) in [5.74, 6) is -2.75. The molecule has 1 radical (unpaired) electrons. The first-order valence-corrected chi connectivity index (χ1v) is 13.1. The van der Waals surface area contributed by atoms with Gasteiger partial charge in [0.2, 0.25) is 11.2 Å². The molecule has 0 saturated carbocycles. The van der Waals surface area contributed by atoms with Gasteiger partial charge in [0.05, 0.1) is 10.9 Å². The summed E-state index contributed by atoms with van der Waals surface area (Å²) >= 11 is 0. The molecule has 0 amide bonds. The minimum Gasteiger partial charge on any atom is -0.504 e. The van der Waals surface area contributed by atoms with Crippen LogP contribution in [-0.2, 0) is 23.2 Å². The van der Waals surface area contributed by atoms with Crippen molar-refractivity contribution in [2.75, 3.05) is 0 Å². The Labute approximate surface area is 234 Å². The van der Waals surface area contributed by atoms with Crippen LogP contribution in [0, 0.1) is 0 Å². The Balaban J connectivity index is 0.00000507. The smallest absolute Gasteiger partial charge is 0.235 e. The van der Waals surface area contributed by atoms with Crippen LogP contribution in [0.2, 0.25) is 0 Å². The molecule has 0 fully saturated rings. The van der Waals surface area contributed by atoms with Gasteiger partial charge in [0, 0.05) is 34.1 Å². The van der Waals surface area contributed by atoms with E-state index in [4.69, 9.17) is 4.42 Å². The third-order valence-corrected chi connectivity index (χ3v) is 6.30. The van der Waals surface area contributed by atoms with Crippen LogP contribution in [0.25, 0.3) is 22.3 Å². The van der Waals surface area contributed by atoms with E-state index in [1.807, 2.05) is 26.8 Å². The second-order valence-electron chi connectivity index (χ2n) is 10.7. The molecule has 2 aromatic carbocycles. The summed E-state index contributed by atoms with van der Waals surface area (Å²) in [5, 5.41) is 40.5. The largest absolute Gasteiger partial charge is 0.504 e. The second-order valence-corrected chi connectivity index (χ2v) is 10.7. The number of aliphatic imine (C=N–C) groups is 1. The number of unbranched alkanes of at least 4 members (excludes halogenated alkanes) is 7. The van der Waals surface area contributed by atoms with Gasteiger partial charge in [-0.05, 0) is 63.4 Å². The molecule has 3 aromatic rings. The summed E-state index contributed by atoms with van der Waals surface area (Å²) in [4.78, 5) is 17.8. The van der Waals surface area contributed by atoms with E-state index in [9.17, 15) is 25.2 Å². The van der Waals surface area contributed by atoms with Crippen molar-refractivity contribution in [1.29, 1.82) is 0 Å². The summed E-state index contributed by atoms with van der Waals surface area (Å²) in [6.45, 7) is 8.09. The summed E-state index contributed by atoms with van der Waals surface area (Å²) < 4.78 is 5.99. The van der Waals surface area contributed by atoms with Gasteiger partial charge in [-0.2, -0.15) is 0 Å². The minimum atomic E-state index is -0.695. The summed E-state index contributed by atoms with van der Waals surface area (Å²) in [6, 6.07) is 5.96. The fourth-order valence-corrected chi connectivity index (χ4v) is 4.30. The molecule has 1 aromatic heterocycles. The van der Waals surface area contributed by atoms with Crippen LogP contribution in [0.3, 0.4) is 0 Å². The third kappa shape index (κ3) is 8.01. The van der Waals surface area contributed by atoms with Crippen molar-refractivity contribution in [1.82, 2.24) is 0 Å². The maximum atomic E-state index is 13.3. The Kier molecular flexibility index (Phi) is 11.3. The fourth-order valence-electron chi connectivity index (χ4n) is 4.30. The molecule has 0 bridgehead atoms. The number of rotatable bonds is 11. The molecule has 0 atom stereocenters. The number of hydrogen-bond acceptors (Lipinski definition) is 7. The van der Waals surface area contributed by atoms with Gasteiger partial charge >= 0.3 is 0 Å². The monoisotopic (exact) mass is 568 g/mol. The Hall–Kier alpha value is -2.97. The molecule has 4 N–H and O–H groups in total. The molecule has 0 aliphatic carbocycles. The molecule has 0 saturated heterocycles. The first kappa shape index (κ1) is 31.2. The first-order valence-electron chi connectivity index (χ1n) is 13.1. The van der Waals surface area contributed by atoms with E-state index < -0.39 is 28.4 Å². The van der Waals surface area contributed by atoms with E-state index in [0.29, 0.717) is 5.56 Å². The van der Waals surface area contributed by atoms with Gasteiger partial charge < -0.3 is 24.8 Å². The number of aryl methyl sites for hydroxylation is 1. The quantitative estimate of drug-likeness (QED) is 0.110. The van der Waals surface area contributed by atoms with E-state index in [1.165, 1.54) is 38.5 Å². The fraction of sp³-hybridized carbons (Fsp3) is 0.467. The van der Waals surface area contributed by atoms with E-state index in [0.717, 1.165) is 37.0 Å². The zero-order chi connectivity index (χ0) is 27.2. The van der Waals surface area contributed by atoms with Crippen molar-refractivity contribution >= 4 is 17.2 Å². The molecular formula is C30H39CoNO6. The molecule has 38 heavy (non-hydrogen) atoms. The van der Waals surface area contributed by atoms with Gasteiger partial charge in [0.1, 0.15) is 5.58 Å².